The van der Waals surface area contributed by atoms with Crippen LogP contribution in [0.15, 0.2) is 12.5 Å². The van der Waals surface area contributed by atoms with E-state index in [1.807, 2.05) is 12.5 Å². The molecule has 2 unspecified atom stereocenters. The normalized spacial score (nSPS) is 27.0. The molecule has 0 saturated carbocycles. The van der Waals surface area contributed by atoms with Gasteiger partial charge in [0.05, 0.1) is 6.33 Å². The summed E-state index contributed by atoms with van der Waals surface area (Å²) in [5.74, 6) is 0. The van der Waals surface area contributed by atoms with Crippen molar-refractivity contribution in [1.29, 1.82) is 0 Å². The molecule has 0 aromatic carbocycles. The van der Waals surface area contributed by atoms with Gasteiger partial charge < -0.3 is 9.88 Å². The van der Waals surface area contributed by atoms with Gasteiger partial charge in [-0.15, -0.1) is 0 Å². The molecular weight excluding hydrogens is 198 g/mol. The van der Waals surface area contributed by atoms with Gasteiger partial charge >= 0.3 is 0 Å². The predicted molar refractivity (Wildman–Crippen MR) is 66.7 cm³/mol. The van der Waals surface area contributed by atoms with Crippen LogP contribution in [0.1, 0.15) is 52.3 Å². The quantitative estimate of drug-likeness (QED) is 0.789. The van der Waals surface area contributed by atoms with Gasteiger partial charge in [-0.2, -0.15) is 0 Å². The van der Waals surface area contributed by atoms with E-state index in [1.54, 1.807) is 0 Å². The lowest BCUT2D eigenvalue weighted by Gasteiger charge is -2.32. The number of hydrogen-bond donors (Lipinski definition) is 1. The zero-order valence-corrected chi connectivity index (χ0v) is 10.8. The molecular formula is C13H23N3. The number of nitrogens with zero attached hydrogens (tertiary/aromatic N) is 2. The lowest BCUT2D eigenvalue weighted by atomic mass is 9.91. The Morgan fingerprint density at radius 3 is 2.81 bits per heavy atom. The summed E-state index contributed by atoms with van der Waals surface area (Å²) in [6.07, 6.45) is 6.44. The Balaban J connectivity index is 2.23. The Morgan fingerprint density at radius 2 is 2.19 bits per heavy atom. The minimum atomic E-state index is 0.185. The van der Waals surface area contributed by atoms with Crippen LogP contribution in [0, 0.1) is 0 Å². The van der Waals surface area contributed by atoms with Crippen molar-refractivity contribution in [2.45, 2.75) is 58.0 Å². The number of piperidine rings is 1. The zero-order chi connectivity index (χ0) is 11.8. The summed E-state index contributed by atoms with van der Waals surface area (Å²) in [7, 11) is 0. The summed E-state index contributed by atoms with van der Waals surface area (Å²) in [6.45, 7) is 10.1. The lowest BCUT2D eigenvalue weighted by molar-refractivity contribution is 0.300. The molecule has 0 radical (unpaired) electrons. The zero-order valence-electron chi connectivity index (χ0n) is 10.8. The van der Waals surface area contributed by atoms with E-state index in [2.05, 4.69) is 42.6 Å². The van der Waals surface area contributed by atoms with Crippen molar-refractivity contribution in [1.82, 2.24) is 14.9 Å². The first-order valence-corrected chi connectivity index (χ1v) is 6.24. The van der Waals surface area contributed by atoms with Crippen molar-refractivity contribution < 1.29 is 0 Å². The average Bonchev–Trinajstić information content (AvgIpc) is 2.65. The maximum Gasteiger partial charge on any atom is 0.0950 e. The molecule has 3 heteroatoms. The van der Waals surface area contributed by atoms with Crippen LogP contribution in [0.5, 0.6) is 0 Å². The van der Waals surface area contributed by atoms with Gasteiger partial charge in [0.1, 0.15) is 0 Å². The van der Waals surface area contributed by atoms with Gasteiger partial charge in [-0.3, -0.25) is 0 Å². The molecule has 0 spiro atoms. The van der Waals surface area contributed by atoms with Crippen LogP contribution in [-0.2, 0) is 5.41 Å². The molecule has 1 saturated heterocycles. The minimum absolute atomic E-state index is 0.185. The van der Waals surface area contributed by atoms with Crippen LogP contribution in [-0.4, -0.2) is 22.1 Å². The Hall–Kier alpha value is -0.830. The van der Waals surface area contributed by atoms with Crippen LogP contribution in [0.25, 0.3) is 0 Å². The molecule has 0 amide bonds. The third kappa shape index (κ3) is 2.29. The van der Waals surface area contributed by atoms with Crippen LogP contribution < -0.4 is 5.32 Å². The summed E-state index contributed by atoms with van der Waals surface area (Å²) in [4.78, 5) is 4.33. The third-order valence-corrected chi connectivity index (χ3v) is 3.42. The number of hydrogen-bond acceptors (Lipinski definition) is 2. The maximum absolute atomic E-state index is 4.33. The molecule has 2 heterocycles. The lowest BCUT2D eigenvalue weighted by Crippen LogP contribution is -2.37. The molecule has 1 aromatic heterocycles. The fourth-order valence-electron chi connectivity index (χ4n) is 2.53. The van der Waals surface area contributed by atoms with Crippen molar-refractivity contribution in [3.63, 3.8) is 0 Å². The van der Waals surface area contributed by atoms with Gasteiger partial charge in [0.15, 0.2) is 0 Å². The van der Waals surface area contributed by atoms with Crippen LogP contribution in [0.3, 0.4) is 0 Å². The third-order valence-electron chi connectivity index (χ3n) is 3.42. The van der Waals surface area contributed by atoms with Gasteiger partial charge in [0.25, 0.3) is 0 Å². The number of nitrogens with one attached hydrogen (secondary N) is 1. The Morgan fingerprint density at radius 1 is 1.44 bits per heavy atom. The highest BCUT2D eigenvalue weighted by Gasteiger charge is 2.25. The average molecular weight is 221 g/mol. The molecule has 1 N–H and O–H groups in total. The Kier molecular flexibility index (Phi) is 3.06. The van der Waals surface area contributed by atoms with E-state index in [0.29, 0.717) is 12.1 Å². The maximum atomic E-state index is 4.33. The van der Waals surface area contributed by atoms with E-state index in [4.69, 9.17) is 0 Å². The molecule has 3 nitrogen and oxygen atoms in total. The monoisotopic (exact) mass is 221 g/mol. The fourth-order valence-corrected chi connectivity index (χ4v) is 2.53. The predicted octanol–water partition coefficient (Wildman–Crippen LogP) is 2.49. The second kappa shape index (κ2) is 4.21. The highest BCUT2D eigenvalue weighted by molar-refractivity contribution is 5.12. The van der Waals surface area contributed by atoms with E-state index >= 15 is 0 Å². The molecule has 1 aliphatic heterocycles. The van der Waals surface area contributed by atoms with Gasteiger partial charge in [-0.1, -0.05) is 20.8 Å². The summed E-state index contributed by atoms with van der Waals surface area (Å²) < 4.78 is 2.39. The van der Waals surface area contributed by atoms with Crippen LogP contribution >= 0.6 is 0 Å². The van der Waals surface area contributed by atoms with E-state index in [1.165, 1.54) is 18.5 Å². The van der Waals surface area contributed by atoms with Gasteiger partial charge in [-0.05, 0) is 26.3 Å². The van der Waals surface area contributed by atoms with E-state index in [9.17, 15) is 0 Å². The van der Waals surface area contributed by atoms with Crippen LogP contribution in [0.4, 0.5) is 0 Å². The topological polar surface area (TPSA) is 29.9 Å². The first kappa shape index (κ1) is 11.6. The molecule has 1 fully saturated rings. The second-order valence-electron chi connectivity index (χ2n) is 5.97. The molecule has 2 atom stereocenters. The van der Waals surface area contributed by atoms with E-state index in [-0.39, 0.29) is 5.41 Å². The second-order valence-corrected chi connectivity index (χ2v) is 5.97. The first-order valence-electron chi connectivity index (χ1n) is 6.24. The highest BCUT2D eigenvalue weighted by atomic mass is 15.1. The van der Waals surface area contributed by atoms with E-state index < -0.39 is 0 Å². The number of imidazole rings is 1. The number of aromatic nitrogens is 2. The molecule has 16 heavy (non-hydrogen) atoms. The fraction of sp³-hybridized carbons (Fsp3) is 0.769. The standard InChI is InChI=1S/C13H23N3/c1-10-7-11(5-6-15-10)16-9-14-8-12(16)13(2,3)4/h8-11,15H,5-7H2,1-4H3. The van der Waals surface area contributed by atoms with Crippen LogP contribution in [0.2, 0.25) is 0 Å². The van der Waals surface area contributed by atoms with Gasteiger partial charge in [0, 0.05) is 29.4 Å². The smallest absolute Gasteiger partial charge is 0.0950 e. The molecule has 90 valence electrons. The summed E-state index contributed by atoms with van der Waals surface area (Å²) >= 11 is 0. The highest BCUT2D eigenvalue weighted by Crippen LogP contribution is 2.29. The Labute approximate surface area is 98.3 Å². The Bertz CT molecular complexity index is 348. The summed E-state index contributed by atoms with van der Waals surface area (Å²) in [6, 6.07) is 1.24. The molecule has 1 aliphatic rings. The molecule has 0 aliphatic carbocycles. The SMILES string of the molecule is CC1CC(n2cncc2C(C)(C)C)CCN1. The van der Waals surface area contributed by atoms with Crippen molar-refractivity contribution in [3.05, 3.63) is 18.2 Å². The summed E-state index contributed by atoms with van der Waals surface area (Å²) in [5, 5.41) is 3.50. The number of rotatable bonds is 1. The van der Waals surface area contributed by atoms with Gasteiger partial charge in [-0.25, -0.2) is 4.98 Å². The van der Waals surface area contributed by atoms with Crippen molar-refractivity contribution in [3.8, 4) is 0 Å². The molecule has 2 rings (SSSR count). The molecule has 0 bridgehead atoms. The summed E-state index contributed by atoms with van der Waals surface area (Å²) in [5.41, 5.74) is 1.54. The van der Waals surface area contributed by atoms with Crippen molar-refractivity contribution in [2.75, 3.05) is 6.54 Å². The van der Waals surface area contributed by atoms with E-state index in [0.717, 1.165) is 6.54 Å². The van der Waals surface area contributed by atoms with Gasteiger partial charge in [0.2, 0.25) is 0 Å². The largest absolute Gasteiger partial charge is 0.331 e. The minimum Gasteiger partial charge on any atom is -0.331 e. The van der Waals surface area contributed by atoms with Crippen molar-refractivity contribution >= 4 is 0 Å². The van der Waals surface area contributed by atoms with Crippen molar-refractivity contribution in [2.24, 2.45) is 0 Å². The first-order chi connectivity index (χ1) is 7.48. The molecule has 1 aromatic rings.